The fourth-order valence-corrected chi connectivity index (χ4v) is 9.54. The number of ether oxygens (including phenoxy) is 2. The van der Waals surface area contributed by atoms with Crippen molar-refractivity contribution in [3.63, 3.8) is 0 Å². The monoisotopic (exact) mass is 1010 g/mol. The zero-order valence-corrected chi connectivity index (χ0v) is 47.9. The maximum absolute atomic E-state index is 12.7. The Bertz CT molecular complexity index is 1240. The molecule has 0 aliphatic rings. The number of carbonyl (C=O) groups is 2. The molecule has 0 saturated heterocycles. The summed E-state index contributed by atoms with van der Waals surface area (Å²) in [5.74, 6) is -0.826. The number of quaternary nitrogens is 1. The first-order chi connectivity index (χ1) is 34.0. The lowest BCUT2D eigenvalue weighted by Gasteiger charge is -2.28. The van der Waals surface area contributed by atoms with Crippen LogP contribution >= 0.6 is 7.82 Å². The molecule has 0 aliphatic heterocycles. The van der Waals surface area contributed by atoms with E-state index in [0.29, 0.717) is 17.4 Å². The van der Waals surface area contributed by atoms with Gasteiger partial charge in [0.2, 0.25) is 0 Å². The van der Waals surface area contributed by atoms with Crippen LogP contribution in [-0.2, 0) is 32.7 Å². The predicted molar refractivity (Wildman–Crippen MR) is 296 cm³/mol. The van der Waals surface area contributed by atoms with Gasteiger partial charge in [0.1, 0.15) is 19.8 Å². The van der Waals surface area contributed by atoms with E-state index >= 15 is 0 Å². The normalized spacial score (nSPS) is 13.4. The van der Waals surface area contributed by atoms with E-state index in [1.807, 2.05) is 21.1 Å². The van der Waals surface area contributed by atoms with E-state index in [2.05, 4.69) is 38.2 Å². The summed E-state index contributed by atoms with van der Waals surface area (Å²) in [6.45, 7) is 4.21. The van der Waals surface area contributed by atoms with Gasteiger partial charge in [-0.15, -0.1) is 0 Å². The van der Waals surface area contributed by atoms with Crippen molar-refractivity contribution in [3.8, 4) is 0 Å². The number of phosphoric acid groups is 1. The lowest BCUT2D eigenvalue weighted by molar-refractivity contribution is -0.870. The molecule has 0 aromatic heterocycles. The number of hydrogen-bond acceptors (Lipinski definition) is 8. The highest BCUT2D eigenvalue weighted by Gasteiger charge is 2.22. The first kappa shape index (κ1) is 68.5. The van der Waals surface area contributed by atoms with Gasteiger partial charge in [-0.2, -0.15) is 0 Å². The number of allylic oxidation sites excluding steroid dienone is 4. The fourth-order valence-electron chi connectivity index (χ4n) is 8.81. The number of rotatable bonds is 56. The number of likely N-dealkylation sites (N-methyl/N-ethyl adjacent to an activating group) is 1. The molecule has 2 atom stereocenters. The Morgan fingerprint density at radius 3 is 1.13 bits per heavy atom. The van der Waals surface area contributed by atoms with E-state index in [0.717, 1.165) is 38.5 Å². The molecule has 70 heavy (non-hydrogen) atoms. The molecule has 0 N–H and O–H groups in total. The Morgan fingerprint density at radius 1 is 0.443 bits per heavy atom. The predicted octanol–water partition coefficient (Wildman–Crippen LogP) is 18.0. The molecular weight excluding hydrogens is 894 g/mol. The molecule has 0 bridgehead atoms. The van der Waals surface area contributed by atoms with Crippen molar-refractivity contribution in [1.82, 2.24) is 0 Å². The number of unbranched alkanes of at least 4 members (excludes halogenated alkanes) is 38. The molecule has 0 rings (SSSR count). The van der Waals surface area contributed by atoms with Crippen LogP contribution in [0.5, 0.6) is 0 Å². The molecule has 2 unspecified atom stereocenters. The average Bonchev–Trinajstić information content (AvgIpc) is 3.32. The summed E-state index contributed by atoms with van der Waals surface area (Å²) in [7, 11) is 1.18. The molecule has 0 aliphatic carbocycles. The molecule has 9 nitrogen and oxygen atoms in total. The van der Waals surface area contributed by atoms with Gasteiger partial charge in [0.25, 0.3) is 7.82 Å². The van der Waals surface area contributed by atoms with E-state index in [1.165, 1.54) is 225 Å². The molecular formula is C60H116NO8P. The van der Waals surface area contributed by atoms with Gasteiger partial charge in [-0.05, 0) is 44.9 Å². The zero-order chi connectivity index (χ0) is 51.3. The van der Waals surface area contributed by atoms with Crippen molar-refractivity contribution in [1.29, 1.82) is 0 Å². The average molecular weight is 1010 g/mol. The molecule has 0 spiro atoms. The molecule has 0 heterocycles. The summed E-state index contributed by atoms with van der Waals surface area (Å²) in [6, 6.07) is 0. The van der Waals surface area contributed by atoms with Gasteiger partial charge in [0.15, 0.2) is 6.10 Å². The standard InChI is InChI=1S/C60H116NO8P/c1-6-8-10-12-14-15-16-17-18-19-20-21-22-23-24-25-26-27-28-29-30-31-32-33-34-35-36-37-38-39-40-41-42-43-44-45-47-49-51-53-60(63)69-58(57-68-70(64,65)67-55-54-61(3,4)5)56-66-59(62)52-50-48-46-13-11-9-7-2/h16-17,19-20,58H,6-15,18,21-57H2,1-5H3/b17-16-,20-19-. The van der Waals surface area contributed by atoms with Crippen LogP contribution in [0.4, 0.5) is 0 Å². The summed E-state index contributed by atoms with van der Waals surface area (Å²) in [5.41, 5.74) is 0. The molecule has 0 aromatic carbocycles. The van der Waals surface area contributed by atoms with E-state index in [1.54, 1.807) is 0 Å². The van der Waals surface area contributed by atoms with Crippen LogP contribution in [0, 0.1) is 0 Å². The van der Waals surface area contributed by atoms with Gasteiger partial charge in [-0.3, -0.25) is 14.2 Å². The maximum Gasteiger partial charge on any atom is 0.306 e. The molecule has 0 amide bonds. The van der Waals surface area contributed by atoms with Crippen molar-refractivity contribution in [2.75, 3.05) is 47.5 Å². The molecule has 0 aromatic rings. The molecule has 0 radical (unpaired) electrons. The second-order valence-corrected chi connectivity index (χ2v) is 23.1. The van der Waals surface area contributed by atoms with E-state index < -0.39 is 26.5 Å². The van der Waals surface area contributed by atoms with Gasteiger partial charge >= 0.3 is 11.9 Å². The zero-order valence-electron chi connectivity index (χ0n) is 47.0. The minimum atomic E-state index is -4.62. The summed E-state index contributed by atoms with van der Waals surface area (Å²) in [5, 5.41) is 0. The minimum Gasteiger partial charge on any atom is -0.756 e. The van der Waals surface area contributed by atoms with Crippen LogP contribution in [0.1, 0.15) is 296 Å². The number of esters is 2. The topological polar surface area (TPSA) is 111 Å². The third kappa shape index (κ3) is 55.8. The van der Waals surface area contributed by atoms with Crippen LogP contribution in [0.3, 0.4) is 0 Å². The lowest BCUT2D eigenvalue weighted by Crippen LogP contribution is -2.37. The third-order valence-corrected chi connectivity index (χ3v) is 14.4. The van der Waals surface area contributed by atoms with Crippen LogP contribution < -0.4 is 4.89 Å². The Balaban J connectivity index is 3.75. The lowest BCUT2D eigenvalue weighted by atomic mass is 10.0. The van der Waals surface area contributed by atoms with Crippen LogP contribution in [0.25, 0.3) is 0 Å². The molecule has 414 valence electrons. The van der Waals surface area contributed by atoms with E-state index in [4.69, 9.17) is 18.5 Å². The summed E-state index contributed by atoms with van der Waals surface area (Å²) >= 11 is 0. The Morgan fingerprint density at radius 2 is 0.771 bits per heavy atom. The van der Waals surface area contributed by atoms with Crippen LogP contribution in [0.2, 0.25) is 0 Å². The highest BCUT2D eigenvalue weighted by atomic mass is 31.2. The Labute approximate surface area is 434 Å². The summed E-state index contributed by atoms with van der Waals surface area (Å²) in [6.07, 6.45) is 63.0. The number of phosphoric ester groups is 1. The highest BCUT2D eigenvalue weighted by Crippen LogP contribution is 2.38. The minimum absolute atomic E-state index is 0.0271. The van der Waals surface area contributed by atoms with Crippen molar-refractivity contribution >= 4 is 19.8 Å². The number of hydrogen-bond donors (Lipinski definition) is 0. The van der Waals surface area contributed by atoms with Crippen molar-refractivity contribution in [3.05, 3.63) is 24.3 Å². The van der Waals surface area contributed by atoms with Gasteiger partial charge < -0.3 is 27.9 Å². The highest BCUT2D eigenvalue weighted by molar-refractivity contribution is 7.45. The van der Waals surface area contributed by atoms with Crippen LogP contribution in [0.15, 0.2) is 24.3 Å². The second kappa shape index (κ2) is 52.4. The molecule has 0 saturated carbocycles. The van der Waals surface area contributed by atoms with Crippen LogP contribution in [-0.4, -0.2) is 70.0 Å². The quantitative estimate of drug-likeness (QED) is 0.0195. The first-order valence-corrected chi connectivity index (χ1v) is 31.5. The smallest absolute Gasteiger partial charge is 0.306 e. The second-order valence-electron chi connectivity index (χ2n) is 21.7. The number of nitrogens with zero attached hydrogens (tertiary/aromatic N) is 1. The number of carbonyl (C=O) groups excluding carboxylic acids is 2. The fraction of sp³-hybridized carbons (Fsp3) is 0.900. The maximum atomic E-state index is 12.7. The summed E-state index contributed by atoms with van der Waals surface area (Å²) in [4.78, 5) is 37.5. The van der Waals surface area contributed by atoms with Gasteiger partial charge in [-0.25, -0.2) is 0 Å². The van der Waals surface area contributed by atoms with E-state index in [9.17, 15) is 19.0 Å². The first-order valence-electron chi connectivity index (χ1n) is 30.0. The van der Waals surface area contributed by atoms with Crippen molar-refractivity contribution in [2.45, 2.75) is 302 Å². The van der Waals surface area contributed by atoms with Gasteiger partial charge in [-0.1, -0.05) is 263 Å². The van der Waals surface area contributed by atoms with Gasteiger partial charge in [0.05, 0.1) is 27.7 Å². The Kier molecular flexibility index (Phi) is 51.2. The summed E-state index contributed by atoms with van der Waals surface area (Å²) < 4.78 is 33.9. The Hall–Kier alpha value is -1.51. The molecule has 0 fully saturated rings. The molecule has 10 heteroatoms. The third-order valence-electron chi connectivity index (χ3n) is 13.5. The van der Waals surface area contributed by atoms with Crippen molar-refractivity contribution < 1.29 is 42.1 Å². The van der Waals surface area contributed by atoms with Gasteiger partial charge in [0, 0.05) is 12.8 Å². The van der Waals surface area contributed by atoms with E-state index in [-0.39, 0.29) is 32.0 Å². The SMILES string of the molecule is CCCCCCC/C=C\C/C=C\CCCCCCCCCCCCCCCCCCCCCCCCCCCCCC(=O)OC(COC(=O)CCCCCCCCC)COP(=O)([O-])OCC[N+](C)(C)C. The largest absolute Gasteiger partial charge is 0.756 e. The van der Waals surface area contributed by atoms with Crippen molar-refractivity contribution in [2.24, 2.45) is 0 Å².